The summed E-state index contributed by atoms with van der Waals surface area (Å²) >= 11 is 0. The number of carboxylic acid groups (broad SMARTS) is 1. The second-order valence-corrected chi connectivity index (χ2v) is 8.31. The molecule has 2 N–H and O–H groups in total. The molecule has 1 heterocycles. The lowest BCUT2D eigenvalue weighted by Gasteiger charge is -2.34. The molecule has 8 nitrogen and oxygen atoms in total. The number of ether oxygens (including phenoxy) is 2. The Morgan fingerprint density at radius 1 is 1.12 bits per heavy atom. The van der Waals surface area contributed by atoms with Crippen LogP contribution in [0, 0.1) is 0 Å². The van der Waals surface area contributed by atoms with Gasteiger partial charge >= 0.3 is 12.1 Å². The smallest absolute Gasteiger partial charge is 0.407 e. The average Bonchev–Trinajstić information content (AvgIpc) is 3.14. The summed E-state index contributed by atoms with van der Waals surface area (Å²) in [5.41, 5.74) is 4.53. The van der Waals surface area contributed by atoms with Gasteiger partial charge in [0.1, 0.15) is 12.6 Å². The third-order valence-electron chi connectivity index (χ3n) is 6.19. The number of morpholine rings is 1. The molecule has 2 aromatic carbocycles. The summed E-state index contributed by atoms with van der Waals surface area (Å²) in [5.74, 6) is -1.29. The van der Waals surface area contributed by atoms with E-state index in [1.807, 2.05) is 43.3 Å². The van der Waals surface area contributed by atoms with Crippen molar-refractivity contribution in [2.45, 2.75) is 37.8 Å². The van der Waals surface area contributed by atoms with Crippen molar-refractivity contribution in [1.82, 2.24) is 10.2 Å². The number of carbonyl (C=O) groups is 3. The van der Waals surface area contributed by atoms with Gasteiger partial charge in [0.15, 0.2) is 0 Å². The van der Waals surface area contributed by atoms with Gasteiger partial charge in [-0.1, -0.05) is 55.5 Å². The number of aliphatic carboxylic acids is 1. The van der Waals surface area contributed by atoms with Gasteiger partial charge in [-0.25, -0.2) is 4.79 Å². The van der Waals surface area contributed by atoms with E-state index in [2.05, 4.69) is 17.4 Å². The largest absolute Gasteiger partial charge is 0.481 e. The molecule has 0 aromatic heterocycles. The van der Waals surface area contributed by atoms with Crippen LogP contribution in [0.2, 0.25) is 0 Å². The molecule has 33 heavy (non-hydrogen) atoms. The van der Waals surface area contributed by atoms with E-state index in [-0.39, 0.29) is 38.0 Å². The topological polar surface area (TPSA) is 105 Å². The molecule has 8 heteroatoms. The van der Waals surface area contributed by atoms with Crippen molar-refractivity contribution in [2.75, 3.05) is 26.3 Å². The summed E-state index contributed by atoms with van der Waals surface area (Å²) in [7, 11) is 0. The Balaban J connectivity index is 1.36. The Bertz CT molecular complexity index is 994. The maximum atomic E-state index is 12.9. The van der Waals surface area contributed by atoms with Gasteiger partial charge in [0.2, 0.25) is 5.91 Å². The van der Waals surface area contributed by atoms with Crippen LogP contribution in [0.3, 0.4) is 0 Å². The molecule has 1 saturated heterocycles. The summed E-state index contributed by atoms with van der Waals surface area (Å²) in [6.07, 6.45) is -0.968. The van der Waals surface area contributed by atoms with Crippen molar-refractivity contribution in [3.8, 4) is 11.1 Å². The first-order chi connectivity index (χ1) is 16.0. The lowest BCUT2D eigenvalue weighted by atomic mass is 9.98. The van der Waals surface area contributed by atoms with Gasteiger partial charge < -0.3 is 24.8 Å². The summed E-state index contributed by atoms with van der Waals surface area (Å²) in [6.45, 7) is 2.79. The molecule has 1 aliphatic carbocycles. The molecule has 2 aromatic rings. The van der Waals surface area contributed by atoms with E-state index in [0.29, 0.717) is 13.0 Å². The van der Waals surface area contributed by atoms with Gasteiger partial charge in [-0.15, -0.1) is 0 Å². The molecule has 0 bridgehead atoms. The molecule has 0 spiro atoms. The Labute approximate surface area is 192 Å². The average molecular weight is 453 g/mol. The number of nitrogens with one attached hydrogen (secondary N) is 1. The SMILES string of the molecule is CCC(NC(=O)OCC1c2ccccc2-c2ccccc21)C(=O)N1CCOC(CC(=O)O)C1. The third-order valence-corrected chi connectivity index (χ3v) is 6.19. The maximum Gasteiger partial charge on any atom is 0.407 e. The Morgan fingerprint density at radius 2 is 1.76 bits per heavy atom. The van der Waals surface area contributed by atoms with Crippen LogP contribution in [0.1, 0.15) is 36.8 Å². The molecule has 2 atom stereocenters. The van der Waals surface area contributed by atoms with Crippen molar-refractivity contribution in [2.24, 2.45) is 0 Å². The highest BCUT2D eigenvalue weighted by Crippen LogP contribution is 2.44. The Morgan fingerprint density at radius 3 is 2.36 bits per heavy atom. The summed E-state index contributed by atoms with van der Waals surface area (Å²) in [5, 5.41) is 11.7. The van der Waals surface area contributed by atoms with E-state index in [4.69, 9.17) is 14.6 Å². The van der Waals surface area contributed by atoms with E-state index in [0.717, 1.165) is 22.3 Å². The highest BCUT2D eigenvalue weighted by atomic mass is 16.5. The number of hydrogen-bond acceptors (Lipinski definition) is 5. The van der Waals surface area contributed by atoms with Crippen molar-refractivity contribution >= 4 is 18.0 Å². The van der Waals surface area contributed by atoms with E-state index in [1.165, 1.54) is 0 Å². The van der Waals surface area contributed by atoms with Gasteiger partial charge in [0.05, 0.1) is 19.1 Å². The number of alkyl carbamates (subject to hydrolysis) is 1. The molecule has 1 fully saturated rings. The molecule has 2 unspecified atom stereocenters. The molecule has 0 saturated carbocycles. The summed E-state index contributed by atoms with van der Waals surface area (Å²) in [4.78, 5) is 38.0. The van der Waals surface area contributed by atoms with Crippen molar-refractivity contribution in [3.63, 3.8) is 0 Å². The Kier molecular flexibility index (Phi) is 6.93. The van der Waals surface area contributed by atoms with Crippen LogP contribution in [0.5, 0.6) is 0 Å². The van der Waals surface area contributed by atoms with Gasteiger partial charge in [0, 0.05) is 19.0 Å². The highest BCUT2D eigenvalue weighted by Gasteiger charge is 2.32. The minimum Gasteiger partial charge on any atom is -0.481 e. The molecular formula is C25H28N2O6. The van der Waals surface area contributed by atoms with E-state index >= 15 is 0 Å². The minimum absolute atomic E-state index is 0.0602. The van der Waals surface area contributed by atoms with Crippen LogP contribution in [0.15, 0.2) is 48.5 Å². The molecule has 2 aliphatic rings. The van der Waals surface area contributed by atoms with Gasteiger partial charge in [-0.3, -0.25) is 9.59 Å². The van der Waals surface area contributed by atoms with Crippen LogP contribution in [0.4, 0.5) is 4.79 Å². The highest BCUT2D eigenvalue weighted by molar-refractivity contribution is 5.86. The lowest BCUT2D eigenvalue weighted by Crippen LogP contribution is -2.53. The number of carboxylic acids is 1. The van der Waals surface area contributed by atoms with E-state index in [1.54, 1.807) is 4.90 Å². The molecule has 174 valence electrons. The number of rotatable bonds is 7. The molecule has 4 rings (SSSR count). The van der Waals surface area contributed by atoms with E-state index in [9.17, 15) is 14.4 Å². The predicted octanol–water partition coefficient (Wildman–Crippen LogP) is 3.01. The minimum atomic E-state index is -0.974. The van der Waals surface area contributed by atoms with Crippen LogP contribution in [-0.4, -0.2) is 66.4 Å². The number of fused-ring (bicyclic) bond motifs is 3. The number of benzene rings is 2. The van der Waals surface area contributed by atoms with Crippen molar-refractivity contribution < 1.29 is 29.0 Å². The first-order valence-electron chi connectivity index (χ1n) is 11.2. The number of nitrogens with zero attached hydrogens (tertiary/aromatic N) is 1. The van der Waals surface area contributed by atoms with Crippen LogP contribution in [-0.2, 0) is 19.1 Å². The lowest BCUT2D eigenvalue weighted by molar-refractivity contribution is -0.148. The van der Waals surface area contributed by atoms with Crippen molar-refractivity contribution in [3.05, 3.63) is 59.7 Å². The normalized spacial score (nSPS) is 18.2. The number of hydrogen-bond donors (Lipinski definition) is 2. The van der Waals surface area contributed by atoms with Crippen LogP contribution < -0.4 is 5.32 Å². The fourth-order valence-electron chi connectivity index (χ4n) is 4.58. The molecule has 1 aliphatic heterocycles. The fraction of sp³-hybridized carbons (Fsp3) is 0.400. The summed E-state index contributed by atoms with van der Waals surface area (Å²) in [6, 6.07) is 15.4. The zero-order valence-corrected chi connectivity index (χ0v) is 18.5. The molecular weight excluding hydrogens is 424 g/mol. The standard InChI is InChI=1S/C25H28N2O6/c1-2-22(24(30)27-11-12-32-16(14-27)13-23(28)29)26-25(31)33-15-21-19-9-5-3-7-17(19)18-8-4-6-10-20(18)21/h3-10,16,21-22H,2,11-15H2,1H3,(H,26,31)(H,28,29). The Hall–Kier alpha value is -3.39. The second-order valence-electron chi connectivity index (χ2n) is 8.31. The zero-order valence-electron chi connectivity index (χ0n) is 18.5. The van der Waals surface area contributed by atoms with E-state index < -0.39 is 24.2 Å². The summed E-state index contributed by atoms with van der Waals surface area (Å²) < 4.78 is 11.0. The van der Waals surface area contributed by atoms with Crippen LogP contribution in [0.25, 0.3) is 11.1 Å². The first kappa shape index (κ1) is 22.8. The number of amides is 2. The van der Waals surface area contributed by atoms with Gasteiger partial charge in [-0.05, 0) is 28.7 Å². The molecule has 0 radical (unpaired) electrons. The molecule has 2 amide bonds. The fourth-order valence-corrected chi connectivity index (χ4v) is 4.58. The van der Waals surface area contributed by atoms with Crippen molar-refractivity contribution in [1.29, 1.82) is 0 Å². The van der Waals surface area contributed by atoms with Crippen LogP contribution >= 0.6 is 0 Å². The third kappa shape index (κ3) is 5.01. The quantitative estimate of drug-likeness (QED) is 0.669. The number of carbonyl (C=O) groups excluding carboxylic acids is 2. The van der Waals surface area contributed by atoms with Gasteiger partial charge in [-0.2, -0.15) is 0 Å². The van der Waals surface area contributed by atoms with Gasteiger partial charge in [0.25, 0.3) is 0 Å². The zero-order chi connectivity index (χ0) is 23.4. The maximum absolute atomic E-state index is 12.9. The second kappa shape index (κ2) is 10.0. The monoisotopic (exact) mass is 452 g/mol. The predicted molar refractivity (Wildman–Crippen MR) is 121 cm³/mol. The first-order valence-corrected chi connectivity index (χ1v) is 11.2.